The summed E-state index contributed by atoms with van der Waals surface area (Å²) < 4.78 is 31.7. The summed E-state index contributed by atoms with van der Waals surface area (Å²) >= 11 is 0. The molecule has 4 heterocycles. The zero-order valence-corrected chi connectivity index (χ0v) is 19.7. The van der Waals surface area contributed by atoms with Gasteiger partial charge in [-0.2, -0.15) is 5.10 Å². The predicted octanol–water partition coefficient (Wildman–Crippen LogP) is 4.42. The lowest BCUT2D eigenvalue weighted by Gasteiger charge is -2.13. The third kappa shape index (κ3) is 4.03. The van der Waals surface area contributed by atoms with Gasteiger partial charge in [0.05, 0.1) is 5.69 Å². The van der Waals surface area contributed by atoms with E-state index >= 15 is 4.39 Å². The Balaban J connectivity index is 1.32. The Morgan fingerprint density at radius 2 is 1.97 bits per heavy atom. The maximum atomic E-state index is 15.1. The molecule has 37 heavy (non-hydrogen) atoms. The number of nitrogens with one attached hydrogen (secondary N) is 4. The Bertz CT molecular complexity index is 1660. The van der Waals surface area contributed by atoms with Crippen LogP contribution in [0.2, 0.25) is 0 Å². The second-order valence-electron chi connectivity index (χ2n) is 8.23. The highest BCUT2D eigenvalue weighted by molar-refractivity contribution is 6.01. The van der Waals surface area contributed by atoms with Crippen LogP contribution in [0.3, 0.4) is 0 Å². The number of H-pyrrole nitrogens is 2. The molecule has 0 saturated heterocycles. The minimum absolute atomic E-state index is 0.0117. The van der Waals surface area contributed by atoms with E-state index in [9.17, 15) is 4.79 Å². The van der Waals surface area contributed by atoms with Crippen molar-refractivity contribution in [3.8, 4) is 34.4 Å². The van der Waals surface area contributed by atoms with Gasteiger partial charge in [0.1, 0.15) is 11.9 Å². The molecule has 0 saturated carbocycles. The molecule has 186 valence electrons. The van der Waals surface area contributed by atoms with E-state index in [-0.39, 0.29) is 29.8 Å². The molecule has 0 bridgehead atoms. The standard InChI is InChI=1S/C25H20FN7O4/c1-12-7-14-15(30-12)4-6-18(22(14)26)37-25-21(24(34)27-2)23(28-10-29-25)31-20-9-16(32-33-20)13-3-5-17-19(8-13)36-11-35-17/h3-10,30H,11H2,1-2H3,(H,27,34)(H2,28,29,31,32,33). The Morgan fingerprint density at radius 3 is 2.84 bits per heavy atom. The van der Waals surface area contributed by atoms with E-state index < -0.39 is 11.7 Å². The fourth-order valence-corrected chi connectivity index (χ4v) is 4.06. The summed E-state index contributed by atoms with van der Waals surface area (Å²) in [6.07, 6.45) is 1.21. The number of carbonyl (C=O) groups is 1. The molecule has 1 aliphatic rings. The third-order valence-electron chi connectivity index (χ3n) is 5.82. The highest BCUT2D eigenvalue weighted by Gasteiger charge is 2.23. The van der Waals surface area contributed by atoms with Gasteiger partial charge in [-0.3, -0.25) is 9.89 Å². The number of aromatic nitrogens is 5. The van der Waals surface area contributed by atoms with Crippen molar-refractivity contribution in [2.75, 3.05) is 19.2 Å². The zero-order chi connectivity index (χ0) is 25.5. The number of ether oxygens (including phenoxy) is 3. The number of aryl methyl sites for hydroxylation is 1. The summed E-state index contributed by atoms with van der Waals surface area (Å²) in [7, 11) is 1.46. The first-order valence-corrected chi connectivity index (χ1v) is 11.3. The normalized spacial score (nSPS) is 12.1. The molecule has 0 atom stereocenters. The molecule has 4 N–H and O–H groups in total. The van der Waals surface area contributed by atoms with Crippen LogP contribution in [0.1, 0.15) is 16.1 Å². The van der Waals surface area contributed by atoms with Crippen LogP contribution in [0, 0.1) is 12.7 Å². The predicted molar refractivity (Wildman–Crippen MR) is 132 cm³/mol. The number of nitrogens with zero attached hydrogens (tertiary/aromatic N) is 3. The molecule has 6 rings (SSSR count). The van der Waals surface area contributed by atoms with E-state index in [1.54, 1.807) is 18.2 Å². The summed E-state index contributed by atoms with van der Waals surface area (Å²) in [5.41, 5.74) is 2.96. The number of hydrogen-bond acceptors (Lipinski definition) is 8. The van der Waals surface area contributed by atoms with Gasteiger partial charge >= 0.3 is 0 Å². The minimum Gasteiger partial charge on any atom is -0.454 e. The molecule has 0 aliphatic carbocycles. The number of hydrogen-bond donors (Lipinski definition) is 4. The number of carbonyl (C=O) groups excluding carboxylic acids is 1. The molecule has 1 amide bonds. The molecule has 1 aliphatic heterocycles. The Hall–Kier alpha value is -5.13. The maximum Gasteiger partial charge on any atom is 0.260 e. The number of aromatic amines is 2. The van der Waals surface area contributed by atoms with Gasteiger partial charge in [0, 0.05) is 35.3 Å². The smallest absolute Gasteiger partial charge is 0.260 e. The molecule has 0 unspecified atom stereocenters. The highest BCUT2D eigenvalue weighted by atomic mass is 19.1. The van der Waals surface area contributed by atoms with Crippen molar-refractivity contribution in [2.24, 2.45) is 0 Å². The Labute approximate surface area is 209 Å². The SMILES string of the molecule is CNC(=O)c1c(Nc2cc(-c3ccc4c(c3)OCO4)[nH]n2)ncnc1Oc1ccc2[nH]c(C)cc2c1F. The molecule has 11 nitrogen and oxygen atoms in total. The molecule has 0 radical (unpaired) electrons. The number of fused-ring (bicyclic) bond motifs is 2. The molecule has 0 fully saturated rings. The lowest BCUT2D eigenvalue weighted by molar-refractivity contribution is 0.0960. The summed E-state index contributed by atoms with van der Waals surface area (Å²) in [5.74, 6) is 0.543. The second kappa shape index (κ2) is 8.82. The van der Waals surface area contributed by atoms with Crippen LogP contribution in [0.4, 0.5) is 16.0 Å². The van der Waals surface area contributed by atoms with Crippen LogP contribution in [0.25, 0.3) is 22.2 Å². The number of anilines is 2. The number of amides is 1. The largest absolute Gasteiger partial charge is 0.454 e. The summed E-state index contributed by atoms with van der Waals surface area (Å²) in [6, 6.07) is 12.1. The maximum absolute atomic E-state index is 15.1. The van der Waals surface area contributed by atoms with Gasteiger partial charge < -0.3 is 29.8 Å². The Morgan fingerprint density at radius 1 is 1.11 bits per heavy atom. The Kier molecular flexibility index (Phi) is 5.33. The van der Waals surface area contributed by atoms with Gasteiger partial charge in [0.15, 0.2) is 34.7 Å². The van der Waals surface area contributed by atoms with Crippen LogP contribution in [-0.2, 0) is 0 Å². The van der Waals surface area contributed by atoms with Crippen LogP contribution in [0.5, 0.6) is 23.1 Å². The van der Waals surface area contributed by atoms with Crippen molar-refractivity contribution >= 4 is 28.4 Å². The molecule has 2 aromatic carbocycles. The van der Waals surface area contributed by atoms with E-state index in [0.717, 1.165) is 11.3 Å². The van der Waals surface area contributed by atoms with Crippen LogP contribution in [-0.4, -0.2) is 44.9 Å². The zero-order valence-electron chi connectivity index (χ0n) is 19.7. The fourth-order valence-electron chi connectivity index (χ4n) is 4.06. The van der Waals surface area contributed by atoms with E-state index in [2.05, 4.69) is 35.8 Å². The van der Waals surface area contributed by atoms with Crippen molar-refractivity contribution in [3.05, 3.63) is 65.9 Å². The lowest BCUT2D eigenvalue weighted by Crippen LogP contribution is -2.21. The first kappa shape index (κ1) is 22.3. The lowest BCUT2D eigenvalue weighted by atomic mass is 10.1. The molecule has 3 aromatic heterocycles. The van der Waals surface area contributed by atoms with Crippen LogP contribution in [0.15, 0.2) is 48.8 Å². The van der Waals surface area contributed by atoms with Crippen molar-refractivity contribution < 1.29 is 23.4 Å². The van der Waals surface area contributed by atoms with E-state index in [0.29, 0.717) is 33.9 Å². The van der Waals surface area contributed by atoms with Gasteiger partial charge in [0.2, 0.25) is 12.7 Å². The quantitative estimate of drug-likeness (QED) is 0.268. The summed E-state index contributed by atoms with van der Waals surface area (Å²) in [6.45, 7) is 2.01. The number of rotatable bonds is 6. The van der Waals surface area contributed by atoms with Gasteiger partial charge in [-0.25, -0.2) is 14.4 Å². The average molecular weight is 501 g/mol. The molecule has 12 heteroatoms. The van der Waals surface area contributed by atoms with Gasteiger partial charge in [-0.1, -0.05) is 0 Å². The number of halogens is 1. The first-order chi connectivity index (χ1) is 18.0. The monoisotopic (exact) mass is 501 g/mol. The second-order valence-corrected chi connectivity index (χ2v) is 8.23. The molecule has 0 spiro atoms. The molecular weight excluding hydrogens is 481 g/mol. The van der Waals surface area contributed by atoms with Crippen molar-refractivity contribution in [1.82, 2.24) is 30.5 Å². The number of benzene rings is 2. The average Bonchev–Trinajstić information content (AvgIpc) is 3.64. The van der Waals surface area contributed by atoms with Crippen molar-refractivity contribution in [3.63, 3.8) is 0 Å². The molecular formula is C25H20FN7O4. The third-order valence-corrected chi connectivity index (χ3v) is 5.82. The van der Waals surface area contributed by atoms with Crippen LogP contribution >= 0.6 is 0 Å². The fraction of sp³-hybridized carbons (Fsp3) is 0.120. The summed E-state index contributed by atoms with van der Waals surface area (Å²) in [4.78, 5) is 24.2. The van der Waals surface area contributed by atoms with Gasteiger partial charge in [-0.05, 0) is 43.3 Å². The molecule has 5 aromatic rings. The van der Waals surface area contributed by atoms with E-state index in [4.69, 9.17) is 14.2 Å². The summed E-state index contributed by atoms with van der Waals surface area (Å²) in [5, 5.41) is 13.1. The van der Waals surface area contributed by atoms with E-state index in [1.165, 1.54) is 19.4 Å². The van der Waals surface area contributed by atoms with Gasteiger partial charge in [-0.15, -0.1) is 0 Å². The van der Waals surface area contributed by atoms with E-state index in [1.807, 2.05) is 25.1 Å². The van der Waals surface area contributed by atoms with Gasteiger partial charge in [0.25, 0.3) is 5.91 Å². The first-order valence-electron chi connectivity index (χ1n) is 11.3. The minimum atomic E-state index is -0.571. The van der Waals surface area contributed by atoms with Crippen molar-refractivity contribution in [2.45, 2.75) is 6.92 Å². The van der Waals surface area contributed by atoms with Crippen molar-refractivity contribution in [1.29, 1.82) is 0 Å². The topological polar surface area (TPSA) is 139 Å². The van der Waals surface area contributed by atoms with Crippen LogP contribution < -0.4 is 24.8 Å². The highest BCUT2D eigenvalue weighted by Crippen LogP contribution is 2.37.